The minimum atomic E-state index is -4.24. The van der Waals surface area contributed by atoms with Crippen LogP contribution in [0.5, 0.6) is 5.75 Å². The summed E-state index contributed by atoms with van der Waals surface area (Å²) in [4.78, 5) is 24.8. The largest absolute Gasteiger partial charge is 0.497 e. The van der Waals surface area contributed by atoms with Gasteiger partial charge in [-0.2, -0.15) is 0 Å². The Morgan fingerprint density at radius 3 is 2.18 bits per heavy atom. The summed E-state index contributed by atoms with van der Waals surface area (Å²) in [6, 6.07) is 17.8. The van der Waals surface area contributed by atoms with Crippen molar-refractivity contribution in [1.82, 2.24) is 5.32 Å². The van der Waals surface area contributed by atoms with Gasteiger partial charge in [-0.3, -0.25) is 14.9 Å². The third-order valence-corrected chi connectivity index (χ3v) is 9.75. The van der Waals surface area contributed by atoms with Gasteiger partial charge in [-0.25, -0.2) is 8.42 Å². The zero-order chi connectivity index (χ0) is 23.8. The fourth-order valence-corrected chi connectivity index (χ4v) is 7.36. The molecule has 1 heterocycles. The molecule has 3 aromatic rings. The molecule has 0 saturated carbocycles. The van der Waals surface area contributed by atoms with Crippen LogP contribution in [0.1, 0.15) is 5.56 Å². The molecular formula is C23H17Cl2NO5S2. The zero-order valence-corrected chi connectivity index (χ0v) is 20.3. The predicted molar refractivity (Wildman–Crippen MR) is 130 cm³/mol. The van der Waals surface area contributed by atoms with E-state index in [1.54, 1.807) is 42.5 Å². The number of methoxy groups -OCH3 is 1. The molecule has 3 aromatic carbocycles. The number of imide groups is 1. The number of hydrogen-bond acceptors (Lipinski definition) is 6. The second-order valence-electron chi connectivity index (χ2n) is 7.27. The van der Waals surface area contributed by atoms with Gasteiger partial charge in [0.1, 0.15) is 5.75 Å². The van der Waals surface area contributed by atoms with E-state index in [2.05, 4.69) is 5.32 Å². The first-order valence-corrected chi connectivity index (χ1v) is 12.7. The number of hydrogen-bond donors (Lipinski definition) is 1. The molecule has 1 aliphatic heterocycles. The molecule has 1 atom stereocenters. The molecule has 170 valence electrons. The van der Waals surface area contributed by atoms with Crippen molar-refractivity contribution in [3.63, 3.8) is 0 Å². The van der Waals surface area contributed by atoms with Gasteiger partial charge in [-0.15, -0.1) is 0 Å². The van der Waals surface area contributed by atoms with E-state index in [9.17, 15) is 18.0 Å². The summed E-state index contributed by atoms with van der Waals surface area (Å²) in [6.07, 6.45) is -0.196. The molecule has 33 heavy (non-hydrogen) atoms. The SMILES string of the molecule is COc1ccc(S(=O)(=O)C2(Cc3ccc(-c4ccc(Cl)cc4Cl)cc3)SC(=O)NC2=O)cc1. The molecule has 0 spiro atoms. The lowest BCUT2D eigenvalue weighted by atomic mass is 10.0. The lowest BCUT2D eigenvalue weighted by molar-refractivity contribution is -0.119. The third-order valence-electron chi connectivity index (χ3n) is 5.26. The molecule has 1 N–H and O–H groups in total. The van der Waals surface area contributed by atoms with E-state index in [1.807, 2.05) is 0 Å². The maximum Gasteiger partial charge on any atom is 0.287 e. The van der Waals surface area contributed by atoms with Crippen molar-refractivity contribution in [1.29, 1.82) is 0 Å². The van der Waals surface area contributed by atoms with Gasteiger partial charge in [0.15, 0.2) is 0 Å². The van der Waals surface area contributed by atoms with Crippen LogP contribution in [-0.4, -0.2) is 30.8 Å². The first-order valence-electron chi connectivity index (χ1n) is 9.64. The summed E-state index contributed by atoms with van der Waals surface area (Å²) in [5, 5.41) is 2.41. The van der Waals surface area contributed by atoms with Crippen LogP contribution in [0.15, 0.2) is 71.6 Å². The molecule has 1 aliphatic rings. The first-order chi connectivity index (χ1) is 15.7. The summed E-state index contributed by atoms with van der Waals surface area (Å²) in [6.45, 7) is 0. The van der Waals surface area contributed by atoms with Crippen LogP contribution < -0.4 is 10.1 Å². The Balaban J connectivity index is 1.71. The van der Waals surface area contributed by atoms with E-state index >= 15 is 0 Å². The number of ether oxygens (including phenoxy) is 1. The minimum absolute atomic E-state index is 0.0785. The number of benzene rings is 3. The zero-order valence-electron chi connectivity index (χ0n) is 17.2. The predicted octanol–water partition coefficient (Wildman–Crippen LogP) is 5.36. The van der Waals surface area contributed by atoms with Gasteiger partial charge in [0.05, 0.1) is 12.0 Å². The van der Waals surface area contributed by atoms with Crippen molar-refractivity contribution in [3.8, 4) is 16.9 Å². The number of amides is 2. The van der Waals surface area contributed by atoms with Gasteiger partial charge < -0.3 is 4.74 Å². The number of carbonyl (C=O) groups is 2. The quantitative estimate of drug-likeness (QED) is 0.469. The van der Waals surface area contributed by atoms with E-state index < -0.39 is 25.1 Å². The van der Waals surface area contributed by atoms with Crippen LogP contribution in [-0.2, 0) is 21.1 Å². The van der Waals surface area contributed by atoms with Crippen molar-refractivity contribution in [2.24, 2.45) is 0 Å². The highest BCUT2D eigenvalue weighted by Crippen LogP contribution is 2.44. The lowest BCUT2D eigenvalue weighted by Crippen LogP contribution is -2.45. The fourth-order valence-electron chi connectivity index (χ4n) is 3.54. The Bertz CT molecular complexity index is 1340. The average Bonchev–Trinajstić information content (AvgIpc) is 3.08. The molecule has 0 radical (unpaired) electrons. The maximum atomic E-state index is 13.6. The van der Waals surface area contributed by atoms with E-state index in [4.69, 9.17) is 27.9 Å². The topological polar surface area (TPSA) is 89.5 Å². The Kier molecular flexibility index (Phi) is 6.46. The number of rotatable bonds is 6. The summed E-state index contributed by atoms with van der Waals surface area (Å²) >= 11 is 12.7. The number of halogens is 2. The van der Waals surface area contributed by atoms with Gasteiger partial charge >= 0.3 is 0 Å². The summed E-state index contributed by atoms with van der Waals surface area (Å²) in [7, 11) is -2.78. The maximum absolute atomic E-state index is 13.6. The molecule has 0 aromatic heterocycles. The number of sulfone groups is 1. The molecule has 10 heteroatoms. The third kappa shape index (κ3) is 4.36. The van der Waals surface area contributed by atoms with Crippen LogP contribution in [0.2, 0.25) is 10.0 Å². The summed E-state index contributed by atoms with van der Waals surface area (Å²) in [5.41, 5.74) is 2.13. The Labute approximate surface area is 205 Å². The molecule has 1 saturated heterocycles. The second kappa shape index (κ2) is 9.02. The monoisotopic (exact) mass is 521 g/mol. The van der Waals surface area contributed by atoms with Crippen molar-refractivity contribution in [3.05, 3.63) is 82.3 Å². The van der Waals surface area contributed by atoms with Crippen molar-refractivity contribution >= 4 is 55.9 Å². The summed E-state index contributed by atoms with van der Waals surface area (Å²) < 4.78 is 30.2. The fraction of sp³-hybridized carbons (Fsp3) is 0.130. The minimum Gasteiger partial charge on any atom is -0.497 e. The van der Waals surface area contributed by atoms with Gasteiger partial charge in [-0.05, 0) is 59.3 Å². The molecule has 0 aliphatic carbocycles. The molecule has 2 amide bonds. The van der Waals surface area contributed by atoms with Gasteiger partial charge in [0.25, 0.3) is 11.1 Å². The van der Waals surface area contributed by atoms with Crippen LogP contribution in [0.3, 0.4) is 0 Å². The summed E-state index contributed by atoms with van der Waals surface area (Å²) in [5.74, 6) is -0.391. The second-order valence-corrected chi connectivity index (χ2v) is 11.8. The van der Waals surface area contributed by atoms with E-state index in [0.29, 0.717) is 33.1 Å². The van der Waals surface area contributed by atoms with Crippen molar-refractivity contribution in [2.45, 2.75) is 15.4 Å². The smallest absolute Gasteiger partial charge is 0.287 e. The van der Waals surface area contributed by atoms with Crippen LogP contribution in [0.4, 0.5) is 4.79 Å². The van der Waals surface area contributed by atoms with Gasteiger partial charge in [0.2, 0.25) is 13.9 Å². The highest BCUT2D eigenvalue weighted by Gasteiger charge is 2.58. The number of nitrogens with one attached hydrogen (secondary N) is 1. The van der Waals surface area contributed by atoms with E-state index in [0.717, 1.165) is 11.1 Å². The average molecular weight is 522 g/mol. The van der Waals surface area contributed by atoms with Crippen LogP contribution >= 0.6 is 35.0 Å². The Morgan fingerprint density at radius 1 is 0.970 bits per heavy atom. The van der Waals surface area contributed by atoms with Gasteiger partial charge in [0, 0.05) is 22.0 Å². The number of thioether (sulfide) groups is 1. The molecule has 1 fully saturated rings. The molecular weight excluding hydrogens is 505 g/mol. The lowest BCUT2D eigenvalue weighted by Gasteiger charge is -2.24. The van der Waals surface area contributed by atoms with Crippen LogP contribution in [0.25, 0.3) is 11.1 Å². The molecule has 4 rings (SSSR count). The molecule has 6 nitrogen and oxygen atoms in total. The normalized spacial score (nSPS) is 18.3. The highest BCUT2D eigenvalue weighted by atomic mass is 35.5. The van der Waals surface area contributed by atoms with Crippen molar-refractivity contribution in [2.75, 3.05) is 7.11 Å². The van der Waals surface area contributed by atoms with Crippen LogP contribution in [0, 0.1) is 0 Å². The molecule has 0 bridgehead atoms. The number of carbonyl (C=O) groups excluding carboxylic acids is 2. The first kappa shape index (κ1) is 23.6. The molecule has 1 unspecified atom stereocenters. The Morgan fingerprint density at radius 2 is 1.64 bits per heavy atom. The standard InChI is InChI=1S/C23H17Cl2NO5S2/c1-31-17-7-9-18(10-8-17)33(29,30)23(21(27)26-22(28)32-23)13-14-2-4-15(5-3-14)19-11-6-16(24)12-20(19)25/h2-12H,13H2,1H3,(H,26,27,28). The van der Waals surface area contributed by atoms with Gasteiger partial charge in [-0.1, -0.05) is 53.5 Å². The van der Waals surface area contributed by atoms with Crippen molar-refractivity contribution < 1.29 is 22.7 Å². The van der Waals surface area contributed by atoms with E-state index in [-0.39, 0.29) is 11.3 Å². The highest BCUT2D eigenvalue weighted by molar-refractivity contribution is 8.25. The van der Waals surface area contributed by atoms with E-state index in [1.165, 1.54) is 31.4 Å². The Hall–Kier alpha value is -2.52.